The first-order chi connectivity index (χ1) is 7.76. The molecule has 0 spiro atoms. The van der Waals surface area contributed by atoms with E-state index in [-0.39, 0.29) is 5.90 Å². The molecule has 84 valence electrons. The molecule has 5 heteroatoms. The Morgan fingerprint density at radius 3 is 3.00 bits per heavy atom. The van der Waals surface area contributed by atoms with Crippen molar-refractivity contribution in [2.75, 3.05) is 7.11 Å². The highest BCUT2D eigenvalue weighted by atomic mass is 32.1. The van der Waals surface area contributed by atoms with Crippen LogP contribution < -0.4 is 0 Å². The molecule has 0 radical (unpaired) electrons. The van der Waals surface area contributed by atoms with E-state index in [1.807, 2.05) is 30.5 Å². The zero-order valence-electron chi connectivity index (χ0n) is 9.23. The third-order valence-corrected chi connectivity index (χ3v) is 3.18. The van der Waals surface area contributed by atoms with Gasteiger partial charge in [-0.3, -0.25) is 10.1 Å². The van der Waals surface area contributed by atoms with Gasteiger partial charge in [-0.2, -0.15) is 5.10 Å². The summed E-state index contributed by atoms with van der Waals surface area (Å²) in [5.41, 5.74) is 1.61. The number of rotatable bonds is 3. The van der Waals surface area contributed by atoms with Gasteiger partial charge in [0, 0.05) is 6.54 Å². The number of aromatic nitrogens is 2. The van der Waals surface area contributed by atoms with Gasteiger partial charge in [-0.15, -0.1) is 11.3 Å². The molecule has 16 heavy (non-hydrogen) atoms. The van der Waals surface area contributed by atoms with Gasteiger partial charge in [0.25, 0.3) is 0 Å². The molecule has 0 saturated carbocycles. The normalized spacial score (nSPS) is 10.4. The van der Waals surface area contributed by atoms with Crippen molar-refractivity contribution in [1.29, 1.82) is 5.41 Å². The van der Waals surface area contributed by atoms with E-state index in [4.69, 9.17) is 10.1 Å². The summed E-state index contributed by atoms with van der Waals surface area (Å²) in [6, 6.07) is 5.90. The van der Waals surface area contributed by atoms with E-state index < -0.39 is 0 Å². The maximum absolute atomic E-state index is 7.68. The van der Waals surface area contributed by atoms with E-state index in [1.54, 1.807) is 16.0 Å². The zero-order valence-corrected chi connectivity index (χ0v) is 10.0. The minimum atomic E-state index is 0.150. The van der Waals surface area contributed by atoms with Gasteiger partial charge in [0.2, 0.25) is 5.90 Å². The summed E-state index contributed by atoms with van der Waals surface area (Å²) in [6.07, 6.45) is 0. The molecule has 2 heterocycles. The predicted molar refractivity (Wildman–Crippen MR) is 65.1 cm³/mol. The lowest BCUT2D eigenvalue weighted by atomic mass is 10.3. The fraction of sp³-hybridized carbons (Fsp3) is 0.273. The van der Waals surface area contributed by atoms with Crippen LogP contribution in [0.15, 0.2) is 23.6 Å². The molecule has 0 atom stereocenters. The molecule has 0 aliphatic rings. The lowest BCUT2D eigenvalue weighted by molar-refractivity contribution is 0.395. The lowest BCUT2D eigenvalue weighted by Gasteiger charge is -2.03. The predicted octanol–water partition coefficient (Wildman–Crippen LogP) is 2.60. The van der Waals surface area contributed by atoms with Crippen LogP contribution in [0.25, 0.3) is 10.6 Å². The Bertz CT molecular complexity index is 487. The Balaban J connectivity index is 2.44. The van der Waals surface area contributed by atoms with Crippen LogP contribution in [0.1, 0.15) is 12.6 Å². The number of hydrogen-bond acceptors (Lipinski definition) is 4. The Labute approximate surface area is 98.0 Å². The van der Waals surface area contributed by atoms with Gasteiger partial charge in [-0.05, 0) is 24.4 Å². The van der Waals surface area contributed by atoms with Crippen molar-refractivity contribution in [2.45, 2.75) is 13.5 Å². The molecular formula is C11H13N3OS. The first-order valence-electron chi connectivity index (χ1n) is 5.01. The average Bonchev–Trinajstić information content (AvgIpc) is 2.95. The molecule has 2 aromatic heterocycles. The summed E-state index contributed by atoms with van der Waals surface area (Å²) in [5, 5.41) is 14.1. The summed E-state index contributed by atoms with van der Waals surface area (Å²) >= 11 is 1.64. The number of hydrogen-bond donors (Lipinski definition) is 1. The van der Waals surface area contributed by atoms with Crippen LogP contribution in [0, 0.1) is 5.41 Å². The quantitative estimate of drug-likeness (QED) is 0.656. The molecular weight excluding hydrogens is 222 g/mol. The van der Waals surface area contributed by atoms with Crippen LogP contribution in [0.4, 0.5) is 0 Å². The number of nitrogens with zero attached hydrogens (tertiary/aromatic N) is 2. The molecule has 0 aliphatic heterocycles. The number of nitrogens with one attached hydrogen (secondary N) is 1. The second-order valence-corrected chi connectivity index (χ2v) is 4.19. The molecule has 2 aromatic rings. The molecule has 0 aromatic carbocycles. The summed E-state index contributed by atoms with van der Waals surface area (Å²) in [7, 11) is 1.50. The number of thiophene rings is 1. The van der Waals surface area contributed by atoms with Crippen LogP contribution in [0.3, 0.4) is 0 Å². The van der Waals surface area contributed by atoms with Gasteiger partial charge in [-0.25, -0.2) is 0 Å². The second kappa shape index (κ2) is 4.49. The van der Waals surface area contributed by atoms with Crippen molar-refractivity contribution in [3.8, 4) is 10.6 Å². The first-order valence-corrected chi connectivity index (χ1v) is 5.89. The molecule has 0 fully saturated rings. The molecule has 0 saturated heterocycles. The molecule has 0 amide bonds. The first kappa shape index (κ1) is 10.9. The van der Waals surface area contributed by atoms with E-state index in [2.05, 4.69) is 5.10 Å². The van der Waals surface area contributed by atoms with Gasteiger partial charge in [0.1, 0.15) is 11.4 Å². The third-order valence-electron chi connectivity index (χ3n) is 2.29. The van der Waals surface area contributed by atoms with Crippen LogP contribution in [-0.4, -0.2) is 22.8 Å². The minimum Gasteiger partial charge on any atom is -0.480 e. The SMILES string of the molecule is CCn1nc(-c2cccs2)cc1C(=N)OC. The molecule has 1 N–H and O–H groups in total. The maximum atomic E-state index is 7.68. The number of methoxy groups -OCH3 is 1. The number of aryl methyl sites for hydroxylation is 1. The molecule has 0 unspecified atom stereocenters. The van der Waals surface area contributed by atoms with Crippen LogP contribution in [-0.2, 0) is 11.3 Å². The fourth-order valence-electron chi connectivity index (χ4n) is 1.49. The van der Waals surface area contributed by atoms with Crippen molar-refractivity contribution in [2.24, 2.45) is 0 Å². The second-order valence-electron chi connectivity index (χ2n) is 3.24. The Hall–Kier alpha value is -1.62. The van der Waals surface area contributed by atoms with Gasteiger partial charge >= 0.3 is 0 Å². The van der Waals surface area contributed by atoms with Crippen molar-refractivity contribution in [3.63, 3.8) is 0 Å². The van der Waals surface area contributed by atoms with Crippen molar-refractivity contribution < 1.29 is 4.74 Å². The number of ether oxygens (including phenoxy) is 1. The summed E-state index contributed by atoms with van der Waals surface area (Å²) < 4.78 is 6.71. The average molecular weight is 235 g/mol. The summed E-state index contributed by atoms with van der Waals surface area (Å²) in [6.45, 7) is 2.73. The Morgan fingerprint density at radius 2 is 2.44 bits per heavy atom. The van der Waals surface area contributed by atoms with E-state index in [0.717, 1.165) is 17.1 Å². The highest BCUT2D eigenvalue weighted by Crippen LogP contribution is 2.24. The standard InChI is InChI=1S/C11H13N3OS/c1-3-14-9(11(12)15-2)7-8(13-14)10-5-4-6-16-10/h4-7,12H,3H2,1-2H3. The Morgan fingerprint density at radius 1 is 1.62 bits per heavy atom. The third kappa shape index (κ3) is 1.86. The van der Waals surface area contributed by atoms with Crippen molar-refractivity contribution in [1.82, 2.24) is 9.78 Å². The lowest BCUT2D eigenvalue weighted by Crippen LogP contribution is -2.10. The van der Waals surface area contributed by atoms with Gasteiger partial charge in [0.15, 0.2) is 0 Å². The molecule has 4 nitrogen and oxygen atoms in total. The van der Waals surface area contributed by atoms with E-state index in [0.29, 0.717) is 5.69 Å². The van der Waals surface area contributed by atoms with Crippen molar-refractivity contribution >= 4 is 17.2 Å². The molecule has 0 aliphatic carbocycles. The topological polar surface area (TPSA) is 50.9 Å². The van der Waals surface area contributed by atoms with Gasteiger partial charge < -0.3 is 4.74 Å². The van der Waals surface area contributed by atoms with Crippen LogP contribution >= 0.6 is 11.3 Å². The molecule has 0 bridgehead atoms. The van der Waals surface area contributed by atoms with Gasteiger partial charge in [0.05, 0.1) is 12.0 Å². The summed E-state index contributed by atoms with van der Waals surface area (Å²) in [5.74, 6) is 0.150. The van der Waals surface area contributed by atoms with E-state index >= 15 is 0 Å². The smallest absolute Gasteiger partial charge is 0.231 e. The van der Waals surface area contributed by atoms with E-state index in [9.17, 15) is 0 Å². The monoisotopic (exact) mass is 235 g/mol. The largest absolute Gasteiger partial charge is 0.480 e. The highest BCUT2D eigenvalue weighted by Gasteiger charge is 2.13. The minimum absolute atomic E-state index is 0.150. The molecule has 2 rings (SSSR count). The van der Waals surface area contributed by atoms with Crippen LogP contribution in [0.2, 0.25) is 0 Å². The van der Waals surface area contributed by atoms with Gasteiger partial charge in [-0.1, -0.05) is 6.07 Å². The van der Waals surface area contributed by atoms with E-state index in [1.165, 1.54) is 7.11 Å². The fourth-order valence-corrected chi connectivity index (χ4v) is 2.17. The zero-order chi connectivity index (χ0) is 11.5. The van der Waals surface area contributed by atoms with Crippen LogP contribution in [0.5, 0.6) is 0 Å². The Kier molecular flexibility index (Phi) is 3.05. The maximum Gasteiger partial charge on any atom is 0.231 e. The summed E-state index contributed by atoms with van der Waals surface area (Å²) in [4.78, 5) is 1.11. The van der Waals surface area contributed by atoms with Crippen molar-refractivity contribution in [3.05, 3.63) is 29.3 Å². The highest BCUT2D eigenvalue weighted by molar-refractivity contribution is 7.13.